The molecule has 1 aromatic heterocycles. The van der Waals surface area contributed by atoms with Crippen molar-refractivity contribution >= 4 is 0 Å². The molecule has 1 aromatic carbocycles. The first-order valence-corrected chi connectivity index (χ1v) is 7.28. The average Bonchev–Trinajstić information content (AvgIpc) is 2.91. The number of hydrogen-bond acceptors (Lipinski definition) is 3. The van der Waals surface area contributed by atoms with E-state index in [2.05, 4.69) is 16.4 Å². The molecule has 2 aromatic rings. The van der Waals surface area contributed by atoms with Crippen LogP contribution in [0.3, 0.4) is 0 Å². The molecule has 0 saturated carbocycles. The molecule has 20 heavy (non-hydrogen) atoms. The molecule has 104 valence electrons. The van der Waals surface area contributed by atoms with Crippen LogP contribution in [0.1, 0.15) is 30.1 Å². The lowest BCUT2D eigenvalue weighted by Gasteiger charge is -2.13. The van der Waals surface area contributed by atoms with Crippen molar-refractivity contribution in [3.05, 3.63) is 59.9 Å². The van der Waals surface area contributed by atoms with Gasteiger partial charge in [-0.05, 0) is 49.6 Å². The molecular weight excluding hydrogens is 248 g/mol. The van der Waals surface area contributed by atoms with Gasteiger partial charge in [-0.1, -0.05) is 24.3 Å². The minimum Gasteiger partial charge on any atom is -0.494 e. The maximum Gasteiger partial charge on any atom is 0.119 e. The minimum atomic E-state index is 0.419. The van der Waals surface area contributed by atoms with E-state index in [0.29, 0.717) is 6.04 Å². The van der Waals surface area contributed by atoms with Crippen LogP contribution < -0.4 is 10.1 Å². The molecular formula is C17H20N2O. The Labute approximate surface area is 120 Å². The molecule has 0 bridgehead atoms. The summed E-state index contributed by atoms with van der Waals surface area (Å²) in [6.45, 7) is 1.71. The van der Waals surface area contributed by atoms with E-state index in [0.717, 1.165) is 38.2 Å². The average molecular weight is 268 g/mol. The number of aromatic nitrogens is 1. The number of aryl methyl sites for hydroxylation is 1. The van der Waals surface area contributed by atoms with Gasteiger partial charge in [0.25, 0.3) is 0 Å². The van der Waals surface area contributed by atoms with E-state index in [4.69, 9.17) is 4.74 Å². The molecule has 3 heteroatoms. The largest absolute Gasteiger partial charge is 0.494 e. The number of fused-ring (bicyclic) bond motifs is 1. The van der Waals surface area contributed by atoms with Gasteiger partial charge in [0.05, 0.1) is 18.3 Å². The van der Waals surface area contributed by atoms with Crippen LogP contribution >= 0.6 is 0 Å². The highest BCUT2D eigenvalue weighted by Gasteiger charge is 2.22. The summed E-state index contributed by atoms with van der Waals surface area (Å²) in [4.78, 5) is 4.49. The zero-order valence-electron chi connectivity index (χ0n) is 11.6. The van der Waals surface area contributed by atoms with Crippen molar-refractivity contribution in [2.75, 3.05) is 13.2 Å². The number of ether oxygens (including phenoxy) is 1. The molecule has 1 aliphatic rings. The number of hydrogen-bond donors (Lipinski definition) is 1. The zero-order valence-corrected chi connectivity index (χ0v) is 11.6. The Bertz CT molecular complexity index is 542. The standard InChI is InChI=1S/C17H20N2O/c1-2-7-15(8-3-1)20-13-5-12-18-16-10-9-14-6-4-11-19-17(14)16/h1-4,6-8,11,16,18H,5,9-10,12-13H2. The third-order valence-corrected chi connectivity index (χ3v) is 3.68. The predicted octanol–water partition coefficient (Wildman–Crippen LogP) is 3.13. The Morgan fingerprint density at radius 2 is 2.05 bits per heavy atom. The van der Waals surface area contributed by atoms with Crippen molar-refractivity contribution in [2.45, 2.75) is 25.3 Å². The molecule has 0 fully saturated rings. The fraction of sp³-hybridized carbons (Fsp3) is 0.353. The lowest BCUT2D eigenvalue weighted by Crippen LogP contribution is -2.22. The summed E-state index contributed by atoms with van der Waals surface area (Å²) in [7, 11) is 0. The van der Waals surface area contributed by atoms with E-state index in [1.807, 2.05) is 42.6 Å². The lowest BCUT2D eigenvalue weighted by molar-refractivity contribution is 0.304. The molecule has 0 amide bonds. The molecule has 3 nitrogen and oxygen atoms in total. The van der Waals surface area contributed by atoms with Crippen molar-refractivity contribution in [2.24, 2.45) is 0 Å². The van der Waals surface area contributed by atoms with Crippen LogP contribution in [0.5, 0.6) is 5.75 Å². The second-order valence-electron chi connectivity index (χ2n) is 5.11. The molecule has 1 heterocycles. The molecule has 1 unspecified atom stereocenters. The van der Waals surface area contributed by atoms with Gasteiger partial charge in [-0.3, -0.25) is 4.98 Å². The summed E-state index contributed by atoms with van der Waals surface area (Å²) in [6, 6.07) is 14.6. The van der Waals surface area contributed by atoms with Crippen molar-refractivity contribution in [1.29, 1.82) is 0 Å². The van der Waals surface area contributed by atoms with Crippen molar-refractivity contribution in [1.82, 2.24) is 10.3 Å². The van der Waals surface area contributed by atoms with Crippen LogP contribution in [0.2, 0.25) is 0 Å². The first kappa shape index (κ1) is 13.1. The number of benzene rings is 1. The Hall–Kier alpha value is -1.87. The second kappa shape index (κ2) is 6.53. The Kier molecular flexibility index (Phi) is 4.28. The summed E-state index contributed by atoms with van der Waals surface area (Å²) in [6.07, 6.45) is 5.19. The van der Waals surface area contributed by atoms with Crippen LogP contribution in [0, 0.1) is 0 Å². The van der Waals surface area contributed by atoms with E-state index in [9.17, 15) is 0 Å². The van der Waals surface area contributed by atoms with Crippen molar-refractivity contribution in [3.63, 3.8) is 0 Å². The molecule has 3 rings (SSSR count). The van der Waals surface area contributed by atoms with Crippen LogP contribution in [0.25, 0.3) is 0 Å². The highest BCUT2D eigenvalue weighted by Crippen LogP contribution is 2.28. The molecule has 1 aliphatic carbocycles. The molecule has 0 radical (unpaired) electrons. The fourth-order valence-corrected chi connectivity index (χ4v) is 2.67. The topological polar surface area (TPSA) is 34.1 Å². The van der Waals surface area contributed by atoms with Crippen LogP contribution in [-0.2, 0) is 6.42 Å². The van der Waals surface area contributed by atoms with E-state index < -0.39 is 0 Å². The van der Waals surface area contributed by atoms with Gasteiger partial charge in [0.1, 0.15) is 5.75 Å². The zero-order chi connectivity index (χ0) is 13.6. The Balaban J connectivity index is 1.39. The van der Waals surface area contributed by atoms with E-state index in [1.54, 1.807) is 0 Å². The summed E-state index contributed by atoms with van der Waals surface area (Å²) in [5.41, 5.74) is 2.63. The summed E-state index contributed by atoms with van der Waals surface area (Å²) < 4.78 is 5.68. The van der Waals surface area contributed by atoms with E-state index >= 15 is 0 Å². The van der Waals surface area contributed by atoms with Gasteiger partial charge < -0.3 is 10.1 Å². The van der Waals surface area contributed by atoms with Gasteiger partial charge in [-0.25, -0.2) is 0 Å². The van der Waals surface area contributed by atoms with Crippen LogP contribution in [0.4, 0.5) is 0 Å². The first-order chi connectivity index (χ1) is 9.93. The molecule has 1 N–H and O–H groups in total. The number of para-hydroxylation sites is 1. The Morgan fingerprint density at radius 3 is 2.95 bits per heavy atom. The number of rotatable bonds is 6. The summed E-state index contributed by atoms with van der Waals surface area (Å²) in [5, 5.41) is 3.58. The van der Waals surface area contributed by atoms with Gasteiger partial charge in [0.15, 0.2) is 0 Å². The molecule has 0 spiro atoms. The quantitative estimate of drug-likeness (QED) is 0.817. The van der Waals surface area contributed by atoms with Crippen LogP contribution in [-0.4, -0.2) is 18.1 Å². The Morgan fingerprint density at radius 1 is 1.15 bits per heavy atom. The smallest absolute Gasteiger partial charge is 0.119 e. The lowest BCUT2D eigenvalue weighted by atomic mass is 10.2. The SMILES string of the molecule is c1ccc(OCCCNC2CCc3cccnc32)cc1. The highest BCUT2D eigenvalue weighted by atomic mass is 16.5. The van der Waals surface area contributed by atoms with Crippen LogP contribution in [0.15, 0.2) is 48.7 Å². The monoisotopic (exact) mass is 268 g/mol. The third kappa shape index (κ3) is 3.17. The minimum absolute atomic E-state index is 0.419. The third-order valence-electron chi connectivity index (χ3n) is 3.68. The van der Waals surface area contributed by atoms with Crippen molar-refractivity contribution < 1.29 is 4.74 Å². The number of nitrogens with one attached hydrogen (secondary N) is 1. The van der Waals surface area contributed by atoms with Gasteiger partial charge in [-0.2, -0.15) is 0 Å². The molecule has 1 atom stereocenters. The molecule has 0 aliphatic heterocycles. The highest BCUT2D eigenvalue weighted by molar-refractivity contribution is 5.27. The molecule has 0 saturated heterocycles. The number of nitrogens with zero attached hydrogens (tertiary/aromatic N) is 1. The summed E-state index contributed by atoms with van der Waals surface area (Å²) >= 11 is 0. The normalized spacial score (nSPS) is 16.9. The van der Waals surface area contributed by atoms with Gasteiger partial charge in [0.2, 0.25) is 0 Å². The maximum absolute atomic E-state index is 5.68. The summed E-state index contributed by atoms with van der Waals surface area (Å²) in [5.74, 6) is 0.945. The van der Waals surface area contributed by atoms with Gasteiger partial charge in [-0.15, -0.1) is 0 Å². The van der Waals surface area contributed by atoms with Gasteiger partial charge >= 0.3 is 0 Å². The van der Waals surface area contributed by atoms with E-state index in [1.165, 1.54) is 11.3 Å². The van der Waals surface area contributed by atoms with Gasteiger partial charge in [0, 0.05) is 6.20 Å². The van der Waals surface area contributed by atoms with E-state index in [-0.39, 0.29) is 0 Å². The predicted molar refractivity (Wildman–Crippen MR) is 79.9 cm³/mol. The first-order valence-electron chi connectivity index (χ1n) is 7.28. The maximum atomic E-state index is 5.68. The van der Waals surface area contributed by atoms with Crippen molar-refractivity contribution in [3.8, 4) is 5.75 Å². The second-order valence-corrected chi connectivity index (χ2v) is 5.11. The fourth-order valence-electron chi connectivity index (χ4n) is 2.67. The number of pyridine rings is 1.